The maximum atomic E-state index is 9.83. The molecule has 0 fully saturated rings. The van der Waals surface area contributed by atoms with E-state index in [9.17, 15) is 5.11 Å². The largest absolute Gasteiger partial charge is 0.507 e. The molecule has 0 atom stereocenters. The lowest BCUT2D eigenvalue weighted by Crippen LogP contribution is -1.81. The van der Waals surface area contributed by atoms with E-state index in [1.807, 2.05) is 30.3 Å². The summed E-state index contributed by atoms with van der Waals surface area (Å²) >= 11 is 3.38. The Balaban J connectivity index is 2.23. The van der Waals surface area contributed by atoms with Crippen molar-refractivity contribution in [3.05, 3.63) is 46.9 Å². The smallest absolute Gasteiger partial charge is 0.142 e. The number of hydrogen-bond acceptors (Lipinski definition) is 2. The van der Waals surface area contributed by atoms with Crippen LogP contribution in [0, 0.1) is 0 Å². The molecule has 0 saturated heterocycles. The van der Waals surface area contributed by atoms with Gasteiger partial charge in [-0.15, -0.1) is 0 Å². The molecule has 1 heterocycles. The summed E-state index contributed by atoms with van der Waals surface area (Å²) < 4.78 is 0.908. The number of halogens is 1. The predicted molar refractivity (Wildman–Crippen MR) is 70.9 cm³/mol. The fourth-order valence-corrected chi connectivity index (χ4v) is 2.14. The first-order chi connectivity index (χ1) is 8.24. The second-order valence-electron chi connectivity index (χ2n) is 3.76. The minimum atomic E-state index is 0.215. The highest BCUT2D eigenvalue weighted by molar-refractivity contribution is 9.10. The summed E-state index contributed by atoms with van der Waals surface area (Å²) in [6.45, 7) is 0. The third-order valence-corrected chi connectivity index (χ3v) is 3.10. The van der Waals surface area contributed by atoms with E-state index in [2.05, 4.69) is 25.9 Å². The molecule has 0 bridgehead atoms. The number of para-hydroxylation sites is 2. The van der Waals surface area contributed by atoms with E-state index in [1.165, 1.54) is 0 Å². The molecular weight excluding hydrogens is 280 g/mol. The summed E-state index contributed by atoms with van der Waals surface area (Å²) in [4.78, 5) is 7.64. The molecule has 3 nitrogen and oxygen atoms in total. The molecule has 0 saturated carbocycles. The number of H-pyrrole nitrogens is 1. The van der Waals surface area contributed by atoms with Crippen LogP contribution in [0.25, 0.3) is 22.4 Å². The molecule has 0 radical (unpaired) electrons. The van der Waals surface area contributed by atoms with E-state index in [1.54, 1.807) is 12.1 Å². The fraction of sp³-hybridized carbons (Fsp3) is 0. The molecule has 0 unspecified atom stereocenters. The average Bonchev–Trinajstić information content (AvgIpc) is 2.75. The van der Waals surface area contributed by atoms with Crippen molar-refractivity contribution < 1.29 is 5.11 Å². The van der Waals surface area contributed by atoms with Crippen LogP contribution in [0.15, 0.2) is 46.9 Å². The van der Waals surface area contributed by atoms with Crippen molar-refractivity contribution in [1.29, 1.82) is 0 Å². The number of phenols is 1. The van der Waals surface area contributed by atoms with E-state index in [4.69, 9.17) is 0 Å². The van der Waals surface area contributed by atoms with Crippen molar-refractivity contribution in [1.82, 2.24) is 9.97 Å². The Morgan fingerprint density at radius 1 is 1.12 bits per heavy atom. The molecule has 3 rings (SSSR count). The van der Waals surface area contributed by atoms with Crippen LogP contribution < -0.4 is 0 Å². The van der Waals surface area contributed by atoms with Crippen LogP contribution in [0.5, 0.6) is 5.75 Å². The summed E-state index contributed by atoms with van der Waals surface area (Å²) in [6.07, 6.45) is 0. The maximum Gasteiger partial charge on any atom is 0.142 e. The third-order valence-electron chi connectivity index (χ3n) is 2.60. The molecule has 3 aromatic rings. The number of benzene rings is 2. The monoisotopic (exact) mass is 288 g/mol. The summed E-state index contributed by atoms with van der Waals surface area (Å²) in [5.41, 5.74) is 2.54. The Kier molecular flexibility index (Phi) is 2.37. The van der Waals surface area contributed by atoms with Gasteiger partial charge in [-0.25, -0.2) is 4.98 Å². The lowest BCUT2D eigenvalue weighted by atomic mass is 10.2. The molecule has 17 heavy (non-hydrogen) atoms. The standard InChI is InChI=1S/C13H9BrN2O/c14-8-5-6-12(17)9(7-8)13-15-10-3-1-2-4-11(10)16-13/h1-7,17H,(H,15,16). The Morgan fingerprint density at radius 3 is 2.76 bits per heavy atom. The van der Waals surface area contributed by atoms with Crippen LogP contribution in [-0.2, 0) is 0 Å². The number of hydrogen-bond donors (Lipinski definition) is 2. The molecule has 0 aliphatic carbocycles. The summed E-state index contributed by atoms with van der Waals surface area (Å²) in [5, 5.41) is 9.83. The Labute approximate surface area is 106 Å². The van der Waals surface area contributed by atoms with Gasteiger partial charge in [-0.2, -0.15) is 0 Å². The average molecular weight is 289 g/mol. The fourth-order valence-electron chi connectivity index (χ4n) is 1.78. The van der Waals surface area contributed by atoms with Gasteiger partial charge < -0.3 is 10.1 Å². The summed E-state index contributed by atoms with van der Waals surface area (Å²) in [6, 6.07) is 13.1. The SMILES string of the molecule is Oc1ccc(Br)cc1-c1nc2ccccc2[nH]1. The molecule has 2 N–H and O–H groups in total. The highest BCUT2D eigenvalue weighted by Crippen LogP contribution is 2.31. The van der Waals surface area contributed by atoms with Gasteiger partial charge >= 0.3 is 0 Å². The highest BCUT2D eigenvalue weighted by Gasteiger charge is 2.09. The van der Waals surface area contributed by atoms with Gasteiger partial charge in [-0.05, 0) is 30.3 Å². The maximum absolute atomic E-state index is 9.83. The molecule has 0 amide bonds. The second-order valence-corrected chi connectivity index (χ2v) is 4.68. The molecule has 1 aromatic heterocycles. The van der Waals surface area contributed by atoms with Crippen molar-refractivity contribution in [2.45, 2.75) is 0 Å². The van der Waals surface area contributed by atoms with Crippen LogP contribution >= 0.6 is 15.9 Å². The van der Waals surface area contributed by atoms with Crippen molar-refractivity contribution in [3.8, 4) is 17.1 Å². The Bertz CT molecular complexity index is 658. The van der Waals surface area contributed by atoms with Crippen LogP contribution in [0.1, 0.15) is 0 Å². The summed E-state index contributed by atoms with van der Waals surface area (Å²) in [7, 11) is 0. The number of aromatic hydroxyl groups is 1. The molecular formula is C13H9BrN2O. The van der Waals surface area contributed by atoms with E-state index in [-0.39, 0.29) is 5.75 Å². The van der Waals surface area contributed by atoms with Gasteiger partial charge in [0, 0.05) is 4.47 Å². The van der Waals surface area contributed by atoms with Gasteiger partial charge in [0.2, 0.25) is 0 Å². The van der Waals surface area contributed by atoms with Gasteiger partial charge in [0.15, 0.2) is 0 Å². The van der Waals surface area contributed by atoms with Gasteiger partial charge in [0.25, 0.3) is 0 Å². The minimum absolute atomic E-state index is 0.215. The van der Waals surface area contributed by atoms with Gasteiger partial charge in [-0.3, -0.25) is 0 Å². The Morgan fingerprint density at radius 2 is 1.94 bits per heavy atom. The van der Waals surface area contributed by atoms with Crippen LogP contribution in [0.2, 0.25) is 0 Å². The predicted octanol–water partition coefficient (Wildman–Crippen LogP) is 3.70. The van der Waals surface area contributed by atoms with E-state index >= 15 is 0 Å². The van der Waals surface area contributed by atoms with Crippen LogP contribution in [-0.4, -0.2) is 15.1 Å². The number of aromatic nitrogens is 2. The van der Waals surface area contributed by atoms with Crippen LogP contribution in [0.4, 0.5) is 0 Å². The molecule has 2 aromatic carbocycles. The first-order valence-corrected chi connectivity index (χ1v) is 5.97. The number of nitrogens with one attached hydrogen (secondary N) is 1. The number of fused-ring (bicyclic) bond motifs is 1. The zero-order valence-corrected chi connectivity index (χ0v) is 10.4. The van der Waals surface area contributed by atoms with Crippen LogP contribution in [0.3, 0.4) is 0 Å². The molecule has 0 aliphatic rings. The molecule has 0 spiro atoms. The number of nitrogens with zero attached hydrogens (tertiary/aromatic N) is 1. The van der Waals surface area contributed by atoms with Crippen molar-refractivity contribution in [3.63, 3.8) is 0 Å². The number of phenolic OH excluding ortho intramolecular Hbond substituents is 1. The number of rotatable bonds is 1. The third kappa shape index (κ3) is 1.80. The normalized spacial score (nSPS) is 10.9. The van der Waals surface area contributed by atoms with E-state index < -0.39 is 0 Å². The molecule has 4 heteroatoms. The number of aromatic amines is 1. The molecule has 84 valence electrons. The first-order valence-electron chi connectivity index (χ1n) is 5.18. The zero-order chi connectivity index (χ0) is 11.8. The number of imidazole rings is 1. The lowest BCUT2D eigenvalue weighted by molar-refractivity contribution is 0.477. The quantitative estimate of drug-likeness (QED) is 0.717. The molecule has 0 aliphatic heterocycles. The van der Waals surface area contributed by atoms with E-state index in [0.717, 1.165) is 15.5 Å². The van der Waals surface area contributed by atoms with E-state index in [0.29, 0.717) is 11.4 Å². The van der Waals surface area contributed by atoms with Gasteiger partial charge in [0.05, 0.1) is 16.6 Å². The topological polar surface area (TPSA) is 48.9 Å². The Hall–Kier alpha value is -1.81. The van der Waals surface area contributed by atoms with Crippen molar-refractivity contribution >= 4 is 27.0 Å². The second kappa shape index (κ2) is 3.89. The van der Waals surface area contributed by atoms with Crippen molar-refractivity contribution in [2.24, 2.45) is 0 Å². The highest BCUT2D eigenvalue weighted by atomic mass is 79.9. The lowest BCUT2D eigenvalue weighted by Gasteiger charge is -2.01. The summed E-state index contributed by atoms with van der Waals surface area (Å²) in [5.74, 6) is 0.886. The first kappa shape index (κ1) is 10.4. The van der Waals surface area contributed by atoms with Crippen molar-refractivity contribution in [2.75, 3.05) is 0 Å². The zero-order valence-electron chi connectivity index (χ0n) is 8.81. The van der Waals surface area contributed by atoms with Gasteiger partial charge in [0.1, 0.15) is 11.6 Å². The van der Waals surface area contributed by atoms with Gasteiger partial charge in [-0.1, -0.05) is 28.1 Å². The minimum Gasteiger partial charge on any atom is -0.507 e.